The Morgan fingerprint density at radius 2 is 2.00 bits per heavy atom. The Morgan fingerprint density at radius 1 is 1.33 bits per heavy atom. The summed E-state index contributed by atoms with van der Waals surface area (Å²) >= 11 is 3.45. The summed E-state index contributed by atoms with van der Waals surface area (Å²) in [6, 6.07) is 9.77. The predicted molar refractivity (Wildman–Crippen MR) is 97.8 cm³/mol. The Balaban J connectivity index is 2.83. The molecule has 0 amide bonds. The Labute approximate surface area is 150 Å². The molecule has 1 unspecified atom stereocenters. The Bertz CT molecular complexity index is 834. The number of rotatable bonds is 4. The molecule has 1 N–H and O–H groups in total. The van der Waals surface area contributed by atoms with Gasteiger partial charge in [0.15, 0.2) is 0 Å². The van der Waals surface area contributed by atoms with Gasteiger partial charge in [-0.25, -0.2) is 0 Å². The standard InChI is InChI=1S/C19H21BrN2O2/c1-12-15(11-13-10-14(20)6-7-16(13)22-12)19(17(23)24,8-5-9-21)18(2,3)4/h6-7,10-11H,5,8H2,1-4H3,(H,23,24). The van der Waals surface area contributed by atoms with E-state index in [9.17, 15) is 9.90 Å². The maximum atomic E-state index is 12.4. The van der Waals surface area contributed by atoms with Crippen LogP contribution in [0.25, 0.3) is 10.9 Å². The third-order valence-corrected chi connectivity index (χ3v) is 5.18. The molecule has 0 aliphatic heterocycles. The monoisotopic (exact) mass is 388 g/mol. The Kier molecular flexibility index (Phi) is 5.00. The van der Waals surface area contributed by atoms with Crippen molar-refractivity contribution in [2.24, 2.45) is 5.41 Å². The van der Waals surface area contributed by atoms with E-state index in [1.54, 1.807) is 0 Å². The topological polar surface area (TPSA) is 74.0 Å². The summed E-state index contributed by atoms with van der Waals surface area (Å²) in [5.74, 6) is -0.913. The molecule has 1 heterocycles. The molecule has 0 radical (unpaired) electrons. The molecule has 0 saturated carbocycles. The van der Waals surface area contributed by atoms with Crippen LogP contribution in [-0.2, 0) is 10.2 Å². The number of aromatic nitrogens is 1. The number of carboxylic acid groups (broad SMARTS) is 1. The smallest absolute Gasteiger partial charge is 0.314 e. The van der Waals surface area contributed by atoms with E-state index in [1.165, 1.54) is 0 Å². The molecular weight excluding hydrogens is 368 g/mol. The fourth-order valence-electron chi connectivity index (χ4n) is 3.38. The van der Waals surface area contributed by atoms with Gasteiger partial charge in [0, 0.05) is 22.0 Å². The van der Waals surface area contributed by atoms with E-state index in [-0.39, 0.29) is 12.8 Å². The first-order valence-electron chi connectivity index (χ1n) is 7.81. The summed E-state index contributed by atoms with van der Waals surface area (Å²) in [6.45, 7) is 7.56. The molecule has 0 aliphatic carbocycles. The molecule has 0 bridgehead atoms. The Hall–Kier alpha value is -1.93. The highest BCUT2D eigenvalue weighted by molar-refractivity contribution is 9.10. The molecule has 5 heteroatoms. The van der Waals surface area contributed by atoms with Crippen molar-refractivity contribution < 1.29 is 9.90 Å². The summed E-state index contributed by atoms with van der Waals surface area (Å²) < 4.78 is 0.917. The molecule has 1 aromatic heterocycles. The van der Waals surface area contributed by atoms with E-state index < -0.39 is 16.8 Å². The number of hydrogen-bond donors (Lipinski definition) is 1. The summed E-state index contributed by atoms with van der Waals surface area (Å²) in [4.78, 5) is 17.0. The van der Waals surface area contributed by atoms with Crippen LogP contribution in [0.2, 0.25) is 0 Å². The average Bonchev–Trinajstić information content (AvgIpc) is 2.47. The lowest BCUT2D eigenvalue weighted by atomic mass is 9.60. The minimum atomic E-state index is -1.17. The molecule has 0 saturated heterocycles. The largest absolute Gasteiger partial charge is 0.481 e. The summed E-state index contributed by atoms with van der Waals surface area (Å²) in [6.07, 6.45) is 0.434. The molecule has 2 aromatic rings. The van der Waals surface area contributed by atoms with Crippen molar-refractivity contribution >= 4 is 32.8 Å². The third kappa shape index (κ3) is 3.03. The quantitative estimate of drug-likeness (QED) is 0.801. The second kappa shape index (κ2) is 6.52. The molecule has 24 heavy (non-hydrogen) atoms. The van der Waals surface area contributed by atoms with Gasteiger partial charge < -0.3 is 5.11 Å². The van der Waals surface area contributed by atoms with Crippen molar-refractivity contribution in [1.29, 1.82) is 5.26 Å². The van der Waals surface area contributed by atoms with E-state index in [1.807, 2.05) is 52.0 Å². The van der Waals surface area contributed by atoms with Crippen LogP contribution in [0, 0.1) is 23.7 Å². The molecule has 2 rings (SSSR count). The van der Waals surface area contributed by atoms with Crippen molar-refractivity contribution in [2.45, 2.75) is 46.0 Å². The molecule has 4 nitrogen and oxygen atoms in total. The first-order valence-corrected chi connectivity index (χ1v) is 8.60. The lowest BCUT2D eigenvalue weighted by Crippen LogP contribution is -2.48. The molecule has 126 valence electrons. The zero-order chi connectivity index (χ0) is 18.1. The zero-order valence-corrected chi connectivity index (χ0v) is 15.9. The van der Waals surface area contributed by atoms with E-state index >= 15 is 0 Å². The molecular formula is C19H21BrN2O2. The van der Waals surface area contributed by atoms with Crippen molar-refractivity contribution in [2.75, 3.05) is 0 Å². The van der Waals surface area contributed by atoms with Gasteiger partial charge in [-0.15, -0.1) is 0 Å². The van der Waals surface area contributed by atoms with Gasteiger partial charge in [-0.1, -0.05) is 36.7 Å². The average molecular weight is 389 g/mol. The molecule has 1 aromatic carbocycles. The van der Waals surface area contributed by atoms with Crippen molar-refractivity contribution in [1.82, 2.24) is 4.98 Å². The minimum absolute atomic E-state index is 0.180. The van der Waals surface area contributed by atoms with Gasteiger partial charge in [0.05, 0.1) is 11.6 Å². The van der Waals surface area contributed by atoms with E-state index in [2.05, 4.69) is 27.0 Å². The number of nitrogens with zero attached hydrogens (tertiary/aromatic N) is 2. The second-order valence-corrected chi connectivity index (χ2v) is 7.99. The van der Waals surface area contributed by atoms with Crippen LogP contribution < -0.4 is 0 Å². The number of nitriles is 1. The number of carbonyl (C=O) groups is 1. The minimum Gasteiger partial charge on any atom is -0.481 e. The van der Waals surface area contributed by atoms with Crippen LogP contribution in [-0.4, -0.2) is 16.1 Å². The fraction of sp³-hybridized carbons (Fsp3) is 0.421. The van der Waals surface area contributed by atoms with Gasteiger partial charge in [-0.3, -0.25) is 9.78 Å². The number of benzene rings is 1. The fourth-order valence-corrected chi connectivity index (χ4v) is 3.75. The zero-order valence-electron chi connectivity index (χ0n) is 14.4. The molecule has 1 atom stereocenters. The van der Waals surface area contributed by atoms with Crippen LogP contribution in [0.1, 0.15) is 44.9 Å². The lowest BCUT2D eigenvalue weighted by Gasteiger charge is -2.42. The van der Waals surface area contributed by atoms with Crippen LogP contribution >= 0.6 is 15.9 Å². The van der Waals surface area contributed by atoms with Gasteiger partial charge in [0.2, 0.25) is 0 Å². The predicted octanol–water partition coefficient (Wildman–Crippen LogP) is 4.98. The SMILES string of the molecule is Cc1nc2ccc(Br)cc2cc1C(CCC#N)(C(=O)O)C(C)(C)C. The molecule has 0 fully saturated rings. The van der Waals surface area contributed by atoms with Gasteiger partial charge in [-0.2, -0.15) is 5.26 Å². The van der Waals surface area contributed by atoms with Gasteiger partial charge in [0.1, 0.15) is 5.41 Å². The van der Waals surface area contributed by atoms with Crippen molar-refractivity contribution in [3.05, 3.63) is 40.0 Å². The van der Waals surface area contributed by atoms with Crippen molar-refractivity contribution in [3.63, 3.8) is 0 Å². The van der Waals surface area contributed by atoms with E-state index in [4.69, 9.17) is 5.26 Å². The van der Waals surface area contributed by atoms with Crippen LogP contribution in [0.4, 0.5) is 0 Å². The lowest BCUT2D eigenvalue weighted by molar-refractivity contribution is -0.149. The number of hydrogen-bond acceptors (Lipinski definition) is 3. The highest BCUT2D eigenvalue weighted by Crippen LogP contribution is 2.47. The molecule has 0 spiro atoms. The number of aliphatic carboxylic acids is 1. The summed E-state index contributed by atoms with van der Waals surface area (Å²) in [5.41, 5.74) is 0.467. The van der Waals surface area contributed by atoms with Crippen LogP contribution in [0.3, 0.4) is 0 Å². The third-order valence-electron chi connectivity index (χ3n) is 4.68. The number of carboxylic acids is 1. The summed E-state index contributed by atoms with van der Waals surface area (Å²) in [7, 11) is 0. The van der Waals surface area contributed by atoms with Crippen LogP contribution in [0.5, 0.6) is 0 Å². The highest BCUT2D eigenvalue weighted by atomic mass is 79.9. The van der Waals surface area contributed by atoms with Gasteiger partial charge >= 0.3 is 5.97 Å². The second-order valence-electron chi connectivity index (χ2n) is 7.08. The number of halogens is 1. The van der Waals surface area contributed by atoms with E-state index in [0.29, 0.717) is 11.3 Å². The maximum absolute atomic E-state index is 12.4. The van der Waals surface area contributed by atoms with E-state index in [0.717, 1.165) is 15.4 Å². The highest BCUT2D eigenvalue weighted by Gasteiger charge is 2.50. The number of aryl methyl sites for hydroxylation is 1. The molecule has 0 aliphatic rings. The Morgan fingerprint density at radius 3 is 2.54 bits per heavy atom. The first kappa shape index (κ1) is 18.4. The van der Waals surface area contributed by atoms with Crippen molar-refractivity contribution in [3.8, 4) is 6.07 Å². The number of fused-ring (bicyclic) bond motifs is 1. The number of pyridine rings is 1. The maximum Gasteiger partial charge on any atom is 0.314 e. The van der Waals surface area contributed by atoms with Gasteiger partial charge in [-0.05, 0) is 48.6 Å². The van der Waals surface area contributed by atoms with Crippen LogP contribution in [0.15, 0.2) is 28.7 Å². The first-order chi connectivity index (χ1) is 11.1. The summed E-state index contributed by atoms with van der Waals surface area (Å²) in [5, 5.41) is 20.1. The van der Waals surface area contributed by atoms with Gasteiger partial charge in [0.25, 0.3) is 0 Å². The normalized spacial score (nSPS) is 14.2.